The van der Waals surface area contributed by atoms with Gasteiger partial charge in [0.2, 0.25) is 0 Å². The Morgan fingerprint density at radius 3 is 2.00 bits per heavy atom. The van der Waals surface area contributed by atoms with E-state index in [1.165, 1.54) is 91.8 Å². The summed E-state index contributed by atoms with van der Waals surface area (Å²) in [5.74, 6) is 0. The second kappa shape index (κ2) is 11.1. The topological polar surface area (TPSA) is 12.9 Å². The predicted molar refractivity (Wildman–Crippen MR) is 218 cm³/mol. The van der Waals surface area contributed by atoms with E-state index < -0.39 is 0 Å². The average Bonchev–Trinajstić information content (AvgIpc) is 3.20. The van der Waals surface area contributed by atoms with Gasteiger partial charge in [0.05, 0.1) is 5.52 Å². The molecule has 10 aromatic rings. The van der Waals surface area contributed by atoms with Gasteiger partial charge in [-0.3, -0.25) is 4.98 Å². The second-order valence-corrected chi connectivity index (χ2v) is 14.5. The van der Waals surface area contributed by atoms with E-state index in [4.69, 9.17) is 4.98 Å². The Morgan fingerprint density at radius 1 is 0.353 bits per heavy atom. The number of nitrogens with zero attached hydrogens (tertiary/aromatic N) is 1. The molecule has 11 rings (SSSR count). The number of pyridine rings is 1. The van der Waals surface area contributed by atoms with E-state index >= 15 is 0 Å². The summed E-state index contributed by atoms with van der Waals surface area (Å²) in [7, 11) is 0. The lowest BCUT2D eigenvalue weighted by Gasteiger charge is -2.26. The van der Waals surface area contributed by atoms with Crippen LogP contribution in [0.2, 0.25) is 0 Å². The Balaban J connectivity index is 1.19. The van der Waals surface area contributed by atoms with Crippen molar-refractivity contribution in [1.29, 1.82) is 0 Å². The summed E-state index contributed by atoms with van der Waals surface area (Å²) < 4.78 is 0. The van der Waals surface area contributed by atoms with Crippen LogP contribution >= 0.6 is 11.8 Å². The molecule has 0 fully saturated rings. The maximum absolute atomic E-state index is 4.80. The van der Waals surface area contributed by atoms with Crippen molar-refractivity contribution in [2.75, 3.05) is 0 Å². The highest BCUT2D eigenvalue weighted by Gasteiger charge is 2.26. The van der Waals surface area contributed by atoms with Gasteiger partial charge >= 0.3 is 0 Å². The van der Waals surface area contributed by atoms with Crippen LogP contribution in [0, 0.1) is 0 Å². The summed E-state index contributed by atoms with van der Waals surface area (Å²) in [6, 6.07) is 62.5. The molecule has 0 N–H and O–H groups in total. The first-order chi connectivity index (χ1) is 25.3. The first-order valence-corrected chi connectivity index (χ1v) is 18.3. The van der Waals surface area contributed by atoms with Crippen LogP contribution < -0.4 is 0 Å². The summed E-state index contributed by atoms with van der Waals surface area (Å²) in [4.78, 5) is 7.39. The maximum atomic E-state index is 4.80. The van der Waals surface area contributed by atoms with Crippen LogP contribution in [-0.4, -0.2) is 4.98 Å². The van der Waals surface area contributed by atoms with Crippen LogP contribution in [0.15, 0.2) is 186 Å². The number of para-hydroxylation sites is 1. The van der Waals surface area contributed by atoms with Gasteiger partial charge in [-0.1, -0.05) is 151 Å². The molecule has 0 radical (unpaired) electrons. The van der Waals surface area contributed by atoms with Crippen LogP contribution in [0.4, 0.5) is 0 Å². The van der Waals surface area contributed by atoms with E-state index in [1.54, 1.807) is 0 Å². The summed E-state index contributed by atoms with van der Waals surface area (Å²) in [6.45, 7) is 0. The Hall–Kier alpha value is -6.22. The fourth-order valence-corrected chi connectivity index (χ4v) is 9.58. The molecule has 0 atom stereocenters. The number of hydrogen-bond acceptors (Lipinski definition) is 2. The van der Waals surface area contributed by atoms with Gasteiger partial charge in [0, 0.05) is 37.9 Å². The third-order valence-corrected chi connectivity index (χ3v) is 11.8. The van der Waals surface area contributed by atoms with Gasteiger partial charge < -0.3 is 0 Å². The SMILES string of the molecule is c1ccc(-c2c3c4c(cccc4c4cc(-c5cccc6cccnc56)ccc24)Sc2cc(-c4cc5ccccc5c5ccccc45)ccc2-3)cc1. The van der Waals surface area contributed by atoms with Crippen LogP contribution in [0.1, 0.15) is 0 Å². The lowest BCUT2D eigenvalue weighted by molar-refractivity contribution is 1.40. The highest BCUT2D eigenvalue weighted by molar-refractivity contribution is 7.99. The molecule has 0 spiro atoms. The Morgan fingerprint density at radius 2 is 1.08 bits per heavy atom. The van der Waals surface area contributed by atoms with E-state index in [1.807, 2.05) is 24.0 Å². The van der Waals surface area contributed by atoms with Crippen molar-refractivity contribution in [2.24, 2.45) is 0 Å². The van der Waals surface area contributed by atoms with Gasteiger partial charge in [0.25, 0.3) is 0 Å². The summed E-state index contributed by atoms with van der Waals surface area (Å²) >= 11 is 1.90. The van der Waals surface area contributed by atoms with Crippen molar-refractivity contribution in [3.8, 4) is 44.5 Å². The normalized spacial score (nSPS) is 12.2. The third kappa shape index (κ3) is 4.33. The smallest absolute Gasteiger partial charge is 0.0780 e. The molecule has 1 aromatic heterocycles. The summed E-state index contributed by atoms with van der Waals surface area (Å²) in [5.41, 5.74) is 11.0. The van der Waals surface area contributed by atoms with Crippen molar-refractivity contribution in [3.63, 3.8) is 0 Å². The molecule has 1 aliphatic rings. The average molecular weight is 664 g/mol. The molecule has 2 heterocycles. The molecule has 9 aromatic carbocycles. The Kier molecular flexibility index (Phi) is 6.25. The molecule has 51 heavy (non-hydrogen) atoms. The minimum absolute atomic E-state index is 1.03. The predicted octanol–water partition coefficient (Wildman–Crippen LogP) is 14.0. The van der Waals surface area contributed by atoms with Gasteiger partial charge in [-0.05, 0) is 101 Å². The highest BCUT2D eigenvalue weighted by atomic mass is 32.2. The van der Waals surface area contributed by atoms with Crippen LogP contribution in [0.25, 0.3) is 98.5 Å². The zero-order chi connectivity index (χ0) is 33.5. The lowest BCUT2D eigenvalue weighted by atomic mass is 9.83. The minimum atomic E-state index is 1.03. The molecule has 0 aliphatic carbocycles. The zero-order valence-electron chi connectivity index (χ0n) is 27.6. The number of fused-ring (bicyclic) bond motifs is 8. The van der Waals surface area contributed by atoms with Crippen molar-refractivity contribution in [3.05, 3.63) is 176 Å². The van der Waals surface area contributed by atoms with Gasteiger partial charge in [-0.15, -0.1) is 0 Å². The van der Waals surface area contributed by atoms with Crippen molar-refractivity contribution < 1.29 is 0 Å². The summed E-state index contributed by atoms with van der Waals surface area (Å²) in [5, 5.41) is 11.4. The first kappa shape index (κ1) is 28.6. The van der Waals surface area contributed by atoms with E-state index in [2.05, 4.69) is 164 Å². The van der Waals surface area contributed by atoms with Crippen molar-refractivity contribution >= 4 is 65.8 Å². The summed E-state index contributed by atoms with van der Waals surface area (Å²) in [6.07, 6.45) is 1.89. The van der Waals surface area contributed by atoms with Crippen molar-refractivity contribution in [1.82, 2.24) is 4.98 Å². The minimum Gasteiger partial charge on any atom is -0.256 e. The Labute approximate surface area is 299 Å². The second-order valence-electron chi connectivity index (χ2n) is 13.4. The fourth-order valence-electron chi connectivity index (χ4n) is 8.41. The molecular formula is C49H29NS. The lowest BCUT2D eigenvalue weighted by Crippen LogP contribution is -1.98. The molecule has 0 bridgehead atoms. The maximum Gasteiger partial charge on any atom is 0.0780 e. The molecular weight excluding hydrogens is 635 g/mol. The molecule has 1 aliphatic heterocycles. The van der Waals surface area contributed by atoms with Crippen LogP contribution in [0.3, 0.4) is 0 Å². The zero-order valence-corrected chi connectivity index (χ0v) is 28.4. The van der Waals surface area contributed by atoms with Crippen molar-refractivity contribution in [2.45, 2.75) is 9.79 Å². The number of benzene rings is 9. The molecule has 2 heteroatoms. The quantitative estimate of drug-likeness (QED) is 0.175. The third-order valence-electron chi connectivity index (χ3n) is 10.7. The Bertz CT molecular complexity index is 3050. The molecule has 0 unspecified atom stereocenters. The van der Waals surface area contributed by atoms with Crippen LogP contribution in [-0.2, 0) is 0 Å². The van der Waals surface area contributed by atoms with Gasteiger partial charge in [0.1, 0.15) is 0 Å². The first-order valence-electron chi connectivity index (χ1n) is 17.5. The number of aromatic nitrogens is 1. The monoisotopic (exact) mass is 663 g/mol. The van der Waals surface area contributed by atoms with E-state index in [0.717, 1.165) is 16.5 Å². The molecule has 1 nitrogen and oxygen atoms in total. The van der Waals surface area contributed by atoms with Gasteiger partial charge in [0.15, 0.2) is 0 Å². The fraction of sp³-hybridized carbons (Fsp3) is 0. The largest absolute Gasteiger partial charge is 0.256 e. The van der Waals surface area contributed by atoms with Gasteiger partial charge in [-0.2, -0.15) is 0 Å². The van der Waals surface area contributed by atoms with E-state index in [-0.39, 0.29) is 0 Å². The standard InChI is InChI=1S/C49H29NS/c1-2-11-30(12-3-1)46-40-24-22-33(36-19-8-14-31-15-10-26-50-49(31)36)28-43(40)39-20-9-21-44-47(39)48(46)41-25-23-34(29-45(41)51-44)42-27-32-13-4-5-16-35(32)37-17-6-7-18-38(37)42/h1-29H. The molecule has 0 saturated heterocycles. The van der Waals surface area contributed by atoms with Crippen LogP contribution in [0.5, 0.6) is 0 Å². The van der Waals surface area contributed by atoms with Gasteiger partial charge in [-0.25, -0.2) is 0 Å². The number of hydrogen-bond donors (Lipinski definition) is 0. The molecule has 0 amide bonds. The highest BCUT2D eigenvalue weighted by Crippen LogP contribution is 2.55. The molecule has 236 valence electrons. The molecule has 0 saturated carbocycles. The van der Waals surface area contributed by atoms with E-state index in [9.17, 15) is 0 Å². The number of rotatable bonds is 3. The van der Waals surface area contributed by atoms with E-state index in [0.29, 0.717) is 0 Å².